The van der Waals surface area contributed by atoms with Gasteiger partial charge < -0.3 is 14.2 Å². The second kappa shape index (κ2) is 9.10. The van der Waals surface area contributed by atoms with Crippen molar-refractivity contribution in [3.8, 4) is 0 Å². The zero-order chi connectivity index (χ0) is 23.7. The van der Waals surface area contributed by atoms with Crippen LogP contribution in [-0.2, 0) is 30.2 Å². The fraction of sp³-hybridized carbons (Fsp3) is 0.346. The normalized spacial score (nSPS) is 19.6. The minimum atomic E-state index is -0.932. The van der Waals surface area contributed by atoms with Gasteiger partial charge in [0.15, 0.2) is 0 Å². The van der Waals surface area contributed by atoms with Gasteiger partial charge in [0.05, 0.1) is 38.2 Å². The summed E-state index contributed by atoms with van der Waals surface area (Å²) in [6.07, 6.45) is -0.156. The molecule has 3 aromatic rings. The number of hydrogen-bond donors (Lipinski definition) is 0. The predicted molar refractivity (Wildman–Crippen MR) is 122 cm³/mol. The van der Waals surface area contributed by atoms with Gasteiger partial charge in [-0.05, 0) is 37.5 Å². The van der Waals surface area contributed by atoms with E-state index in [0.29, 0.717) is 28.6 Å². The number of carbonyl (C=O) groups is 3. The molecule has 33 heavy (non-hydrogen) atoms. The number of fused-ring (bicyclic) bond motifs is 3. The molecule has 0 spiro atoms. The van der Waals surface area contributed by atoms with E-state index in [-0.39, 0.29) is 6.61 Å². The number of rotatable bonds is 4. The minimum Gasteiger partial charge on any atom is -0.469 e. The molecule has 0 fully saturated rings. The minimum absolute atomic E-state index is 0.215. The van der Waals surface area contributed by atoms with Crippen LogP contribution in [0, 0.1) is 12.8 Å². The number of aromatic nitrogens is 1. The van der Waals surface area contributed by atoms with Crippen molar-refractivity contribution < 1.29 is 28.6 Å². The molecule has 0 saturated carbocycles. The number of carbonyl (C=O) groups excluding carboxylic acids is 3. The van der Waals surface area contributed by atoms with Gasteiger partial charge in [-0.3, -0.25) is 9.59 Å². The third-order valence-electron chi connectivity index (χ3n) is 6.42. The molecule has 3 atom stereocenters. The molecule has 1 aromatic heterocycles. The second-order valence-corrected chi connectivity index (χ2v) is 8.18. The number of methoxy groups -OCH3 is 2. The van der Waals surface area contributed by atoms with Gasteiger partial charge >= 0.3 is 18.0 Å². The van der Waals surface area contributed by atoms with E-state index >= 15 is 0 Å². The Morgan fingerprint density at radius 1 is 0.970 bits per heavy atom. The molecule has 2 aromatic carbocycles. The molecular weight excluding hydrogens is 422 g/mol. The number of benzene rings is 2. The van der Waals surface area contributed by atoms with Crippen molar-refractivity contribution in [2.75, 3.05) is 20.8 Å². The van der Waals surface area contributed by atoms with Gasteiger partial charge in [0.1, 0.15) is 0 Å². The number of nitrogens with zero attached hydrogens (tertiary/aromatic N) is 1. The van der Waals surface area contributed by atoms with Gasteiger partial charge in [-0.1, -0.05) is 48.0 Å². The summed E-state index contributed by atoms with van der Waals surface area (Å²) in [7, 11) is 2.62. The van der Waals surface area contributed by atoms with Crippen molar-refractivity contribution in [2.45, 2.75) is 32.1 Å². The van der Waals surface area contributed by atoms with Gasteiger partial charge in [-0.25, -0.2) is 9.36 Å². The number of ether oxygens (including phenoxy) is 3. The average Bonchev–Trinajstić information content (AvgIpc) is 3.16. The maximum atomic E-state index is 13.2. The predicted octanol–water partition coefficient (Wildman–Crippen LogP) is 4.34. The molecule has 1 aliphatic carbocycles. The highest BCUT2D eigenvalue weighted by molar-refractivity contribution is 5.99. The number of para-hydroxylation sites is 1. The molecule has 0 N–H and O–H groups in total. The number of aryl methyl sites for hydroxylation is 1. The molecule has 0 amide bonds. The second-order valence-electron chi connectivity index (χ2n) is 8.18. The largest absolute Gasteiger partial charge is 0.469 e. The molecule has 0 radical (unpaired) electrons. The van der Waals surface area contributed by atoms with Crippen molar-refractivity contribution in [3.05, 3.63) is 70.9 Å². The van der Waals surface area contributed by atoms with Gasteiger partial charge in [0.25, 0.3) is 0 Å². The van der Waals surface area contributed by atoms with Gasteiger partial charge in [-0.15, -0.1) is 0 Å². The first-order valence-corrected chi connectivity index (χ1v) is 10.9. The Kier molecular flexibility index (Phi) is 6.22. The van der Waals surface area contributed by atoms with Crippen molar-refractivity contribution in [1.29, 1.82) is 0 Å². The quantitative estimate of drug-likeness (QED) is 0.435. The fourth-order valence-corrected chi connectivity index (χ4v) is 4.98. The third-order valence-corrected chi connectivity index (χ3v) is 6.42. The van der Waals surface area contributed by atoms with Crippen LogP contribution in [0.4, 0.5) is 4.79 Å². The van der Waals surface area contributed by atoms with E-state index in [0.717, 1.165) is 11.1 Å². The van der Waals surface area contributed by atoms with Crippen molar-refractivity contribution >= 4 is 28.9 Å². The van der Waals surface area contributed by atoms with E-state index < -0.39 is 35.8 Å². The van der Waals surface area contributed by atoms with Crippen molar-refractivity contribution in [1.82, 2.24) is 4.57 Å². The van der Waals surface area contributed by atoms with Crippen molar-refractivity contribution in [2.24, 2.45) is 5.92 Å². The lowest BCUT2D eigenvalue weighted by atomic mass is 9.67. The summed E-state index contributed by atoms with van der Waals surface area (Å²) < 4.78 is 17.2. The van der Waals surface area contributed by atoms with Crippen LogP contribution < -0.4 is 0 Å². The highest BCUT2D eigenvalue weighted by atomic mass is 16.5. The van der Waals surface area contributed by atoms with E-state index in [1.54, 1.807) is 6.92 Å². The van der Waals surface area contributed by atoms with Crippen LogP contribution in [0.1, 0.15) is 41.1 Å². The summed E-state index contributed by atoms with van der Waals surface area (Å²) in [5.74, 6) is -3.17. The smallest absolute Gasteiger partial charge is 0.418 e. The average molecular weight is 450 g/mol. The third kappa shape index (κ3) is 3.77. The summed E-state index contributed by atoms with van der Waals surface area (Å²) in [6.45, 7) is 3.94. The maximum Gasteiger partial charge on any atom is 0.418 e. The zero-order valence-electron chi connectivity index (χ0n) is 19.2. The molecule has 7 nitrogen and oxygen atoms in total. The topological polar surface area (TPSA) is 83.8 Å². The lowest BCUT2D eigenvalue weighted by Crippen LogP contribution is -2.39. The zero-order valence-corrected chi connectivity index (χ0v) is 19.2. The number of esters is 2. The molecule has 0 unspecified atom stereocenters. The molecule has 0 bridgehead atoms. The summed E-state index contributed by atoms with van der Waals surface area (Å²) in [4.78, 5) is 39.3. The first-order chi connectivity index (χ1) is 15.9. The Balaban J connectivity index is 2.04. The van der Waals surface area contributed by atoms with E-state index in [4.69, 9.17) is 14.2 Å². The van der Waals surface area contributed by atoms with Gasteiger partial charge in [0, 0.05) is 17.0 Å². The summed E-state index contributed by atoms with van der Waals surface area (Å²) in [6, 6.07) is 15.2. The summed E-state index contributed by atoms with van der Waals surface area (Å²) in [5, 5.41) is 0.715. The Labute approximate surface area is 192 Å². The van der Waals surface area contributed by atoms with Crippen LogP contribution in [0.15, 0.2) is 48.5 Å². The summed E-state index contributed by atoms with van der Waals surface area (Å²) >= 11 is 0. The Morgan fingerprint density at radius 2 is 1.64 bits per heavy atom. The highest BCUT2D eigenvalue weighted by Crippen LogP contribution is 2.49. The maximum absolute atomic E-state index is 13.2. The first kappa shape index (κ1) is 22.6. The Bertz CT molecular complexity index is 1210. The van der Waals surface area contributed by atoms with Crippen LogP contribution in [0.5, 0.6) is 0 Å². The Hall–Kier alpha value is -3.61. The molecule has 0 saturated heterocycles. The number of hydrogen-bond acceptors (Lipinski definition) is 6. The SMILES string of the molecule is CCOC(=O)n1c2c(c3ccccc31)[C@H](C(=O)OC)[C@@H](C(=O)OC)[C@@H](c1ccc(C)cc1)C2. The fourth-order valence-electron chi connectivity index (χ4n) is 4.98. The van der Waals surface area contributed by atoms with Crippen LogP contribution in [0.2, 0.25) is 0 Å². The molecule has 1 aliphatic rings. The molecule has 4 rings (SSSR count). The molecule has 1 heterocycles. The van der Waals surface area contributed by atoms with Gasteiger partial charge in [-0.2, -0.15) is 0 Å². The highest BCUT2D eigenvalue weighted by Gasteiger charge is 2.49. The van der Waals surface area contributed by atoms with Crippen LogP contribution >= 0.6 is 0 Å². The first-order valence-electron chi connectivity index (χ1n) is 10.9. The monoisotopic (exact) mass is 449 g/mol. The van der Waals surface area contributed by atoms with Crippen molar-refractivity contribution in [3.63, 3.8) is 0 Å². The van der Waals surface area contributed by atoms with Gasteiger partial charge in [0.2, 0.25) is 0 Å². The lowest BCUT2D eigenvalue weighted by Gasteiger charge is -2.36. The van der Waals surface area contributed by atoms with E-state index in [2.05, 4.69) is 0 Å². The van der Waals surface area contributed by atoms with E-state index in [1.807, 2.05) is 55.5 Å². The summed E-state index contributed by atoms with van der Waals surface area (Å²) in [5.41, 5.74) is 3.86. The van der Waals surface area contributed by atoms with Crippen LogP contribution in [0.3, 0.4) is 0 Å². The Morgan fingerprint density at radius 3 is 2.27 bits per heavy atom. The standard InChI is InChI=1S/C26H27NO6/c1-5-33-26(30)27-19-9-7-6-8-17(19)21-20(27)14-18(16-12-10-15(2)11-13-16)22(24(28)31-3)23(21)25(29)32-4/h6-13,18,22-23H,5,14H2,1-4H3/t18-,22+,23+/m1/s1. The van der Waals surface area contributed by atoms with Crippen LogP contribution in [0.25, 0.3) is 10.9 Å². The molecule has 7 heteroatoms. The van der Waals surface area contributed by atoms with Crippen LogP contribution in [-0.4, -0.2) is 43.4 Å². The van der Waals surface area contributed by atoms with E-state index in [9.17, 15) is 14.4 Å². The lowest BCUT2D eigenvalue weighted by molar-refractivity contribution is -0.155. The molecular formula is C26H27NO6. The van der Waals surface area contributed by atoms with E-state index in [1.165, 1.54) is 18.8 Å². The molecule has 0 aliphatic heterocycles. The molecule has 172 valence electrons.